The average molecular weight is 527 g/mol. The van der Waals surface area contributed by atoms with Gasteiger partial charge in [0.15, 0.2) is 0 Å². The Labute approximate surface area is 204 Å². The highest BCUT2D eigenvalue weighted by Crippen LogP contribution is 2.65. The molecule has 0 heterocycles. The SMILES string of the molecule is Cc1c(Cl)cc(NC(=O)[C@H]2[C@H](c3ccc(F)c(Cl)c3)C2(Cl)Cl)cc1C(=O)NCCCCl. The summed E-state index contributed by atoms with van der Waals surface area (Å²) in [5.41, 5.74) is 1.79. The minimum atomic E-state index is -1.37. The van der Waals surface area contributed by atoms with Gasteiger partial charge in [0.1, 0.15) is 10.2 Å². The van der Waals surface area contributed by atoms with Crippen molar-refractivity contribution in [2.24, 2.45) is 5.92 Å². The van der Waals surface area contributed by atoms with Crippen LogP contribution < -0.4 is 10.6 Å². The fourth-order valence-electron chi connectivity index (χ4n) is 3.34. The smallest absolute Gasteiger partial charge is 0.251 e. The Morgan fingerprint density at radius 1 is 1.13 bits per heavy atom. The average Bonchev–Trinajstić information content (AvgIpc) is 3.28. The molecule has 0 radical (unpaired) electrons. The minimum absolute atomic E-state index is 0.0807. The molecule has 2 N–H and O–H groups in total. The molecule has 0 aromatic heterocycles. The molecule has 0 aliphatic heterocycles. The maximum absolute atomic E-state index is 13.5. The molecule has 31 heavy (non-hydrogen) atoms. The third kappa shape index (κ3) is 5.23. The molecule has 1 saturated carbocycles. The van der Waals surface area contributed by atoms with E-state index >= 15 is 0 Å². The number of carbonyl (C=O) groups is 2. The van der Waals surface area contributed by atoms with Crippen LogP contribution >= 0.6 is 58.0 Å². The van der Waals surface area contributed by atoms with Gasteiger partial charge in [-0.05, 0) is 48.7 Å². The van der Waals surface area contributed by atoms with Gasteiger partial charge < -0.3 is 10.6 Å². The molecule has 166 valence electrons. The summed E-state index contributed by atoms with van der Waals surface area (Å²) in [5, 5.41) is 5.71. The first-order valence-corrected chi connectivity index (χ1v) is 11.4. The molecule has 1 fully saturated rings. The number of halogens is 6. The zero-order valence-electron chi connectivity index (χ0n) is 16.2. The van der Waals surface area contributed by atoms with Crippen molar-refractivity contribution in [3.8, 4) is 0 Å². The van der Waals surface area contributed by atoms with Crippen molar-refractivity contribution in [1.82, 2.24) is 5.32 Å². The Kier molecular flexibility index (Phi) is 7.65. The maximum atomic E-state index is 13.5. The lowest BCUT2D eigenvalue weighted by Crippen LogP contribution is -2.26. The normalized spacial score (nSPS) is 19.1. The van der Waals surface area contributed by atoms with Crippen LogP contribution in [0.25, 0.3) is 0 Å². The topological polar surface area (TPSA) is 58.2 Å². The Hall–Kier alpha value is -1.24. The van der Waals surface area contributed by atoms with Crippen molar-refractivity contribution in [2.45, 2.75) is 23.6 Å². The first-order chi connectivity index (χ1) is 14.6. The lowest BCUT2D eigenvalue weighted by molar-refractivity contribution is -0.117. The van der Waals surface area contributed by atoms with E-state index in [0.29, 0.717) is 46.2 Å². The van der Waals surface area contributed by atoms with E-state index in [1.165, 1.54) is 24.3 Å². The monoisotopic (exact) mass is 524 g/mol. The zero-order valence-corrected chi connectivity index (χ0v) is 20.0. The van der Waals surface area contributed by atoms with Crippen LogP contribution in [-0.2, 0) is 4.79 Å². The van der Waals surface area contributed by atoms with E-state index in [1.807, 2.05) is 0 Å². The van der Waals surface area contributed by atoms with Crippen LogP contribution in [0.15, 0.2) is 30.3 Å². The second-order valence-corrected chi connectivity index (χ2v) is 9.86. The summed E-state index contributed by atoms with van der Waals surface area (Å²) < 4.78 is 12.1. The van der Waals surface area contributed by atoms with Crippen molar-refractivity contribution in [1.29, 1.82) is 0 Å². The number of rotatable bonds is 7. The Morgan fingerprint density at radius 3 is 2.48 bits per heavy atom. The van der Waals surface area contributed by atoms with Gasteiger partial charge in [0.2, 0.25) is 5.91 Å². The van der Waals surface area contributed by atoms with Crippen LogP contribution in [0, 0.1) is 18.7 Å². The number of alkyl halides is 3. The van der Waals surface area contributed by atoms with Gasteiger partial charge in [-0.2, -0.15) is 0 Å². The molecule has 0 unspecified atom stereocenters. The number of benzene rings is 2. The maximum Gasteiger partial charge on any atom is 0.251 e. The summed E-state index contributed by atoms with van der Waals surface area (Å²) in [7, 11) is 0. The van der Waals surface area contributed by atoms with Crippen molar-refractivity contribution in [3.05, 3.63) is 62.9 Å². The van der Waals surface area contributed by atoms with Crippen LogP contribution in [-0.4, -0.2) is 28.6 Å². The molecule has 1 aliphatic carbocycles. The van der Waals surface area contributed by atoms with E-state index < -0.39 is 27.9 Å². The van der Waals surface area contributed by atoms with Gasteiger partial charge in [0, 0.05) is 34.6 Å². The van der Waals surface area contributed by atoms with E-state index in [2.05, 4.69) is 10.6 Å². The Balaban J connectivity index is 1.78. The third-order valence-electron chi connectivity index (χ3n) is 5.09. The quantitative estimate of drug-likeness (QED) is 0.327. The summed E-state index contributed by atoms with van der Waals surface area (Å²) in [6, 6.07) is 7.17. The molecule has 10 heteroatoms. The molecule has 3 rings (SSSR count). The largest absolute Gasteiger partial charge is 0.352 e. The predicted molar refractivity (Wildman–Crippen MR) is 125 cm³/mol. The zero-order chi connectivity index (χ0) is 22.9. The van der Waals surface area contributed by atoms with Crippen molar-refractivity contribution >= 4 is 75.5 Å². The van der Waals surface area contributed by atoms with Crippen LogP contribution in [0.5, 0.6) is 0 Å². The number of hydrogen-bond donors (Lipinski definition) is 2. The molecule has 2 amide bonds. The highest BCUT2D eigenvalue weighted by atomic mass is 35.5. The minimum Gasteiger partial charge on any atom is -0.352 e. The lowest BCUT2D eigenvalue weighted by atomic mass is 10.1. The molecule has 2 aromatic rings. The molecular formula is C21H18Cl5FN2O2. The third-order valence-corrected chi connectivity index (χ3v) is 6.98. The van der Waals surface area contributed by atoms with Gasteiger partial charge in [0.05, 0.1) is 10.9 Å². The second kappa shape index (κ2) is 9.72. The van der Waals surface area contributed by atoms with Crippen LogP contribution in [0.3, 0.4) is 0 Å². The highest BCUT2D eigenvalue weighted by molar-refractivity contribution is 6.53. The van der Waals surface area contributed by atoms with Crippen molar-refractivity contribution in [2.75, 3.05) is 17.7 Å². The van der Waals surface area contributed by atoms with Crippen LogP contribution in [0.4, 0.5) is 10.1 Å². The molecule has 4 nitrogen and oxygen atoms in total. The molecule has 2 aromatic carbocycles. The van der Waals surface area contributed by atoms with E-state index in [4.69, 9.17) is 58.0 Å². The van der Waals surface area contributed by atoms with Crippen molar-refractivity contribution in [3.63, 3.8) is 0 Å². The fraction of sp³-hybridized carbons (Fsp3) is 0.333. The molecule has 1 aliphatic rings. The standard InChI is InChI=1S/C21H18Cl5FN2O2/c1-10-13(19(30)28-6-2-5-22)8-12(9-14(10)23)29-20(31)18-17(21(18,25)26)11-3-4-16(27)15(24)7-11/h3-4,7-9,17-18H,2,5-6H2,1H3,(H,28,30)(H,29,31)/t17-,18+/m0/s1. The predicted octanol–water partition coefficient (Wildman–Crippen LogP) is 6.33. The summed E-state index contributed by atoms with van der Waals surface area (Å²) in [6.07, 6.45) is 0.625. The van der Waals surface area contributed by atoms with E-state index in [0.717, 1.165) is 0 Å². The van der Waals surface area contributed by atoms with Gasteiger partial charge >= 0.3 is 0 Å². The van der Waals surface area contributed by atoms with Gasteiger partial charge in [-0.25, -0.2) is 4.39 Å². The van der Waals surface area contributed by atoms with E-state index in [1.54, 1.807) is 13.0 Å². The summed E-state index contributed by atoms with van der Waals surface area (Å²) in [4.78, 5) is 25.3. The highest BCUT2D eigenvalue weighted by Gasteiger charge is 2.67. The van der Waals surface area contributed by atoms with E-state index in [9.17, 15) is 14.0 Å². The van der Waals surface area contributed by atoms with Gasteiger partial charge in [-0.3, -0.25) is 9.59 Å². The van der Waals surface area contributed by atoms with E-state index in [-0.39, 0.29) is 10.9 Å². The lowest BCUT2D eigenvalue weighted by Gasteiger charge is -2.12. The van der Waals surface area contributed by atoms with Crippen molar-refractivity contribution < 1.29 is 14.0 Å². The summed E-state index contributed by atoms with van der Waals surface area (Å²) in [5.74, 6) is -2.28. The van der Waals surface area contributed by atoms with Gasteiger partial charge in [-0.15, -0.1) is 34.8 Å². The molecule has 2 atom stereocenters. The second-order valence-electron chi connectivity index (χ2n) is 7.22. The Morgan fingerprint density at radius 2 is 1.84 bits per heavy atom. The summed E-state index contributed by atoms with van der Waals surface area (Å²) in [6.45, 7) is 2.13. The first kappa shape index (κ1) is 24.4. The number of nitrogens with one attached hydrogen (secondary N) is 2. The Bertz CT molecular complexity index is 1030. The van der Waals surface area contributed by atoms with Gasteiger partial charge in [0.25, 0.3) is 5.91 Å². The number of amides is 2. The summed E-state index contributed by atoms with van der Waals surface area (Å²) >= 11 is 30.4. The number of hydrogen-bond acceptors (Lipinski definition) is 2. The molecular weight excluding hydrogens is 509 g/mol. The van der Waals surface area contributed by atoms with Crippen LogP contribution in [0.2, 0.25) is 10.0 Å². The van der Waals surface area contributed by atoms with Crippen LogP contribution in [0.1, 0.15) is 33.8 Å². The number of carbonyl (C=O) groups excluding carboxylic acids is 2. The fourth-order valence-corrected chi connectivity index (χ4v) is 4.71. The number of anilines is 1. The molecule has 0 spiro atoms. The van der Waals surface area contributed by atoms with Gasteiger partial charge in [-0.1, -0.05) is 29.3 Å². The molecule has 0 saturated heterocycles. The molecule has 0 bridgehead atoms. The first-order valence-electron chi connectivity index (χ1n) is 9.35.